The maximum absolute atomic E-state index is 9.80. The van der Waals surface area contributed by atoms with Gasteiger partial charge in [-0.05, 0) is 26.7 Å². The molecule has 0 amide bonds. The van der Waals surface area contributed by atoms with E-state index in [2.05, 4.69) is 4.90 Å². The van der Waals surface area contributed by atoms with Gasteiger partial charge in [-0.2, -0.15) is 0 Å². The summed E-state index contributed by atoms with van der Waals surface area (Å²) in [6, 6.07) is -0.0258. The second-order valence-electron chi connectivity index (χ2n) is 4.53. The molecule has 4 N–H and O–H groups in total. The Bertz CT molecular complexity index is 227. The van der Waals surface area contributed by atoms with Crippen molar-refractivity contribution in [2.24, 2.45) is 5.73 Å². The predicted molar refractivity (Wildman–Crippen MR) is 57.4 cm³/mol. The molecule has 0 aliphatic carbocycles. The molecule has 4 nitrogen and oxygen atoms in total. The predicted octanol–water partition coefficient (Wildman–Crippen LogP) is 0.546. The standard InChI is InChI=1S/C10H21N3O/c1-4-7(9(11)12)13-6-5-8(14)10(13,2)3/h7-8,14H,4-6H2,1-3H3,(H3,11,12). The number of amidine groups is 1. The Hall–Kier alpha value is -0.610. The van der Waals surface area contributed by atoms with Gasteiger partial charge in [-0.3, -0.25) is 10.3 Å². The zero-order valence-electron chi connectivity index (χ0n) is 9.25. The minimum absolute atomic E-state index is 0.0258. The lowest BCUT2D eigenvalue weighted by Gasteiger charge is -2.38. The van der Waals surface area contributed by atoms with Gasteiger partial charge in [0.25, 0.3) is 0 Å². The first-order valence-electron chi connectivity index (χ1n) is 5.20. The quantitative estimate of drug-likeness (QED) is 0.459. The number of nitrogens with zero attached hydrogens (tertiary/aromatic N) is 1. The Labute approximate surface area is 85.6 Å². The van der Waals surface area contributed by atoms with Crippen molar-refractivity contribution >= 4 is 5.84 Å². The third-order valence-electron chi connectivity index (χ3n) is 3.32. The van der Waals surface area contributed by atoms with Crippen LogP contribution in [0.5, 0.6) is 0 Å². The van der Waals surface area contributed by atoms with Gasteiger partial charge in [-0.25, -0.2) is 0 Å². The summed E-state index contributed by atoms with van der Waals surface area (Å²) in [4.78, 5) is 2.14. The van der Waals surface area contributed by atoms with Crippen molar-refractivity contribution in [3.8, 4) is 0 Å². The van der Waals surface area contributed by atoms with Gasteiger partial charge in [-0.1, -0.05) is 6.92 Å². The first-order valence-corrected chi connectivity index (χ1v) is 5.20. The summed E-state index contributed by atoms with van der Waals surface area (Å²) in [5.74, 6) is 0.203. The molecule has 1 fully saturated rings. The molecule has 1 rings (SSSR count). The third kappa shape index (κ3) is 1.77. The van der Waals surface area contributed by atoms with Crippen molar-refractivity contribution in [1.29, 1.82) is 5.41 Å². The van der Waals surface area contributed by atoms with E-state index < -0.39 is 0 Å². The molecule has 1 aliphatic heterocycles. The first kappa shape index (κ1) is 11.5. The molecule has 0 radical (unpaired) electrons. The van der Waals surface area contributed by atoms with Crippen molar-refractivity contribution in [2.75, 3.05) is 6.54 Å². The van der Waals surface area contributed by atoms with Gasteiger partial charge < -0.3 is 10.8 Å². The fraction of sp³-hybridized carbons (Fsp3) is 0.900. The van der Waals surface area contributed by atoms with E-state index >= 15 is 0 Å². The summed E-state index contributed by atoms with van der Waals surface area (Å²) >= 11 is 0. The number of hydrogen-bond donors (Lipinski definition) is 3. The monoisotopic (exact) mass is 199 g/mol. The molecule has 1 heterocycles. The van der Waals surface area contributed by atoms with Crippen LogP contribution in [0.3, 0.4) is 0 Å². The fourth-order valence-corrected chi connectivity index (χ4v) is 2.26. The van der Waals surface area contributed by atoms with Crippen LogP contribution in [0.25, 0.3) is 0 Å². The Balaban J connectivity index is 2.82. The molecule has 0 bridgehead atoms. The van der Waals surface area contributed by atoms with Gasteiger partial charge >= 0.3 is 0 Å². The second-order valence-corrected chi connectivity index (χ2v) is 4.53. The normalized spacial score (nSPS) is 29.0. The van der Waals surface area contributed by atoms with E-state index in [1.54, 1.807) is 0 Å². The highest BCUT2D eigenvalue weighted by Crippen LogP contribution is 2.31. The number of hydrogen-bond acceptors (Lipinski definition) is 3. The molecule has 0 saturated carbocycles. The van der Waals surface area contributed by atoms with Crippen LogP contribution in [0, 0.1) is 5.41 Å². The highest BCUT2D eigenvalue weighted by molar-refractivity contribution is 5.82. The molecular weight excluding hydrogens is 178 g/mol. The number of aliphatic hydroxyl groups excluding tert-OH is 1. The molecule has 0 aromatic carbocycles. The van der Waals surface area contributed by atoms with E-state index in [0.29, 0.717) is 0 Å². The topological polar surface area (TPSA) is 73.3 Å². The summed E-state index contributed by atoms with van der Waals surface area (Å²) in [6.45, 7) is 6.87. The fourth-order valence-electron chi connectivity index (χ4n) is 2.26. The van der Waals surface area contributed by atoms with Gasteiger partial charge in [0.2, 0.25) is 0 Å². The molecule has 1 saturated heterocycles. The molecule has 0 aromatic heterocycles. The van der Waals surface area contributed by atoms with Crippen LogP contribution >= 0.6 is 0 Å². The van der Waals surface area contributed by atoms with Gasteiger partial charge in [0.05, 0.1) is 12.1 Å². The SMILES string of the molecule is CCC(C(=N)N)N1CCC(O)C1(C)C. The Morgan fingerprint density at radius 2 is 2.29 bits per heavy atom. The Morgan fingerprint density at radius 1 is 1.71 bits per heavy atom. The summed E-state index contributed by atoms with van der Waals surface area (Å²) in [5.41, 5.74) is 5.30. The third-order valence-corrected chi connectivity index (χ3v) is 3.32. The lowest BCUT2D eigenvalue weighted by molar-refractivity contribution is 0.0435. The lowest BCUT2D eigenvalue weighted by atomic mass is 9.96. The molecule has 2 unspecified atom stereocenters. The number of likely N-dealkylation sites (tertiary alicyclic amines) is 1. The number of aliphatic hydroxyl groups is 1. The van der Waals surface area contributed by atoms with Crippen LogP contribution in [0.4, 0.5) is 0 Å². The van der Waals surface area contributed by atoms with Crippen LogP contribution in [-0.4, -0.2) is 40.1 Å². The summed E-state index contributed by atoms with van der Waals surface area (Å²) < 4.78 is 0. The average Bonchev–Trinajstić information content (AvgIpc) is 2.32. The zero-order valence-corrected chi connectivity index (χ0v) is 9.25. The van der Waals surface area contributed by atoms with Crippen LogP contribution in [0.2, 0.25) is 0 Å². The van der Waals surface area contributed by atoms with Gasteiger partial charge in [-0.15, -0.1) is 0 Å². The van der Waals surface area contributed by atoms with Gasteiger partial charge in [0.1, 0.15) is 5.84 Å². The van der Waals surface area contributed by atoms with Crippen molar-refractivity contribution in [3.63, 3.8) is 0 Å². The second kappa shape index (κ2) is 3.87. The summed E-state index contributed by atoms with van der Waals surface area (Å²) in [7, 11) is 0. The van der Waals surface area contributed by atoms with Gasteiger partial charge in [0.15, 0.2) is 0 Å². The lowest BCUT2D eigenvalue weighted by Crippen LogP contribution is -2.54. The van der Waals surface area contributed by atoms with E-state index in [4.69, 9.17) is 11.1 Å². The molecule has 1 aliphatic rings. The zero-order chi connectivity index (χ0) is 10.9. The largest absolute Gasteiger partial charge is 0.391 e. The van der Waals surface area contributed by atoms with Crippen molar-refractivity contribution in [2.45, 2.75) is 51.3 Å². The minimum atomic E-state index is -0.309. The molecule has 0 spiro atoms. The van der Waals surface area contributed by atoms with Crippen molar-refractivity contribution in [3.05, 3.63) is 0 Å². The van der Waals surface area contributed by atoms with Crippen molar-refractivity contribution < 1.29 is 5.11 Å². The summed E-state index contributed by atoms with van der Waals surface area (Å²) in [6.07, 6.45) is 1.29. The van der Waals surface area contributed by atoms with Gasteiger partial charge in [0, 0.05) is 12.1 Å². The number of nitrogens with two attached hydrogens (primary N) is 1. The van der Waals surface area contributed by atoms with E-state index in [1.165, 1.54) is 0 Å². The number of rotatable bonds is 3. The minimum Gasteiger partial charge on any atom is -0.391 e. The Kier molecular flexibility index (Phi) is 3.17. The molecule has 82 valence electrons. The van der Waals surface area contributed by atoms with E-state index in [-0.39, 0.29) is 23.5 Å². The van der Waals surface area contributed by atoms with E-state index in [0.717, 1.165) is 19.4 Å². The molecule has 2 atom stereocenters. The highest BCUT2D eigenvalue weighted by atomic mass is 16.3. The molecule has 0 aromatic rings. The average molecular weight is 199 g/mol. The van der Waals surface area contributed by atoms with E-state index in [1.807, 2.05) is 20.8 Å². The maximum atomic E-state index is 9.80. The first-order chi connectivity index (χ1) is 6.41. The van der Waals surface area contributed by atoms with Crippen LogP contribution in [0.1, 0.15) is 33.6 Å². The van der Waals surface area contributed by atoms with Crippen LogP contribution < -0.4 is 5.73 Å². The van der Waals surface area contributed by atoms with Crippen LogP contribution in [0.15, 0.2) is 0 Å². The van der Waals surface area contributed by atoms with E-state index in [9.17, 15) is 5.11 Å². The summed E-state index contributed by atoms with van der Waals surface area (Å²) in [5, 5.41) is 17.3. The highest BCUT2D eigenvalue weighted by Gasteiger charge is 2.43. The van der Waals surface area contributed by atoms with Crippen LogP contribution in [-0.2, 0) is 0 Å². The number of nitrogens with one attached hydrogen (secondary N) is 1. The molecule has 14 heavy (non-hydrogen) atoms. The maximum Gasteiger partial charge on any atom is 0.108 e. The Morgan fingerprint density at radius 3 is 2.57 bits per heavy atom. The van der Waals surface area contributed by atoms with Crippen molar-refractivity contribution in [1.82, 2.24) is 4.90 Å². The molecule has 4 heteroatoms. The molecular formula is C10H21N3O. The smallest absolute Gasteiger partial charge is 0.108 e.